The topological polar surface area (TPSA) is 60.4 Å². The molecular weight excluding hydrogens is 368 g/mol. The van der Waals surface area contributed by atoms with E-state index >= 15 is 0 Å². The highest BCUT2D eigenvalue weighted by atomic mass is 16.6. The Labute approximate surface area is 172 Å². The Morgan fingerprint density at radius 2 is 2.00 bits per heavy atom. The summed E-state index contributed by atoms with van der Waals surface area (Å²) in [4.78, 5) is 20.2. The van der Waals surface area contributed by atoms with Gasteiger partial charge >= 0.3 is 0 Å². The number of hydrogen-bond donors (Lipinski definition) is 0. The Kier molecular flexibility index (Phi) is 7.11. The molecule has 6 heteroatoms. The van der Waals surface area contributed by atoms with Crippen molar-refractivity contribution >= 4 is 11.6 Å². The lowest BCUT2D eigenvalue weighted by Crippen LogP contribution is -2.37. The summed E-state index contributed by atoms with van der Waals surface area (Å²) in [5.41, 5.74) is 2.80. The number of nitrogens with zero attached hydrogens (tertiary/aromatic N) is 2. The van der Waals surface area contributed by atoms with Crippen molar-refractivity contribution in [2.45, 2.75) is 38.8 Å². The van der Waals surface area contributed by atoms with Gasteiger partial charge in [0.2, 0.25) is 5.91 Å². The van der Waals surface area contributed by atoms with E-state index in [0.29, 0.717) is 25.9 Å². The van der Waals surface area contributed by atoms with Crippen LogP contribution in [0, 0.1) is 0 Å². The molecule has 0 spiro atoms. The number of para-hydroxylation sites is 1. The van der Waals surface area contributed by atoms with Crippen LogP contribution in [0.2, 0.25) is 0 Å². The zero-order valence-electron chi connectivity index (χ0n) is 17.3. The van der Waals surface area contributed by atoms with Crippen LogP contribution in [-0.2, 0) is 16.2 Å². The zero-order valence-corrected chi connectivity index (χ0v) is 17.3. The van der Waals surface area contributed by atoms with Crippen molar-refractivity contribution in [1.82, 2.24) is 4.90 Å². The summed E-state index contributed by atoms with van der Waals surface area (Å²) >= 11 is 0. The number of ether oxygens (including phenoxy) is 2. The molecule has 0 saturated heterocycles. The van der Waals surface area contributed by atoms with Gasteiger partial charge in [-0.1, -0.05) is 36.3 Å². The average molecular weight is 396 g/mol. The zero-order chi connectivity index (χ0) is 20.6. The van der Waals surface area contributed by atoms with Crippen molar-refractivity contribution in [3.63, 3.8) is 0 Å². The highest BCUT2D eigenvalue weighted by Crippen LogP contribution is 2.25. The summed E-state index contributed by atoms with van der Waals surface area (Å²) in [5.74, 6) is 1.67. The number of amides is 1. The van der Waals surface area contributed by atoms with E-state index in [4.69, 9.17) is 14.3 Å². The minimum Gasteiger partial charge on any atom is -0.497 e. The maximum atomic E-state index is 12.7. The van der Waals surface area contributed by atoms with Crippen molar-refractivity contribution in [1.29, 1.82) is 0 Å². The largest absolute Gasteiger partial charge is 0.497 e. The molecule has 0 radical (unpaired) electrons. The molecule has 1 amide bonds. The van der Waals surface area contributed by atoms with Gasteiger partial charge in [-0.15, -0.1) is 0 Å². The number of rotatable bonds is 9. The van der Waals surface area contributed by atoms with Crippen molar-refractivity contribution < 1.29 is 19.1 Å². The Hall–Kier alpha value is -3.02. The second kappa shape index (κ2) is 9.96. The molecule has 0 aromatic heterocycles. The molecule has 1 aliphatic heterocycles. The molecule has 0 N–H and O–H groups in total. The highest BCUT2D eigenvalue weighted by Gasteiger charge is 2.27. The van der Waals surface area contributed by atoms with Gasteiger partial charge in [0.15, 0.2) is 6.10 Å². The molecule has 0 aliphatic carbocycles. The lowest BCUT2D eigenvalue weighted by molar-refractivity contribution is -0.133. The van der Waals surface area contributed by atoms with Crippen molar-refractivity contribution in [2.24, 2.45) is 5.16 Å². The fourth-order valence-electron chi connectivity index (χ4n) is 3.43. The standard InChI is InChI=1S/C23H28N2O4/c1-4-8-23(26)25(15-17-9-7-10-18(13-17)27-2)16-19-14-21(24-29-19)20-11-5-6-12-22(20)28-3/h5-7,9-13,19H,4,8,14-16H2,1-3H3. The molecule has 0 bridgehead atoms. The Morgan fingerprint density at radius 3 is 2.76 bits per heavy atom. The van der Waals surface area contributed by atoms with Crippen LogP contribution in [0.25, 0.3) is 0 Å². The molecule has 1 unspecified atom stereocenters. The molecule has 6 nitrogen and oxygen atoms in total. The smallest absolute Gasteiger partial charge is 0.222 e. The molecule has 1 atom stereocenters. The van der Waals surface area contributed by atoms with E-state index in [1.54, 1.807) is 14.2 Å². The van der Waals surface area contributed by atoms with E-state index < -0.39 is 0 Å². The molecule has 1 aliphatic rings. The summed E-state index contributed by atoms with van der Waals surface area (Å²) in [7, 11) is 3.29. The number of carbonyl (C=O) groups is 1. The van der Waals surface area contributed by atoms with E-state index in [2.05, 4.69) is 5.16 Å². The van der Waals surface area contributed by atoms with Crippen LogP contribution in [0.15, 0.2) is 53.7 Å². The Balaban J connectivity index is 1.69. The quantitative estimate of drug-likeness (QED) is 0.642. The van der Waals surface area contributed by atoms with Gasteiger partial charge in [0.05, 0.1) is 26.5 Å². The molecule has 1 heterocycles. The molecule has 2 aromatic rings. The molecule has 29 heavy (non-hydrogen) atoms. The third-order valence-electron chi connectivity index (χ3n) is 4.90. The number of oxime groups is 1. The van der Waals surface area contributed by atoms with Crippen LogP contribution in [0.5, 0.6) is 11.5 Å². The van der Waals surface area contributed by atoms with Gasteiger partial charge in [-0.2, -0.15) is 0 Å². The summed E-state index contributed by atoms with van der Waals surface area (Å²) in [6.45, 7) is 3.01. The fraction of sp³-hybridized carbons (Fsp3) is 0.391. The summed E-state index contributed by atoms with van der Waals surface area (Å²) in [5, 5.41) is 4.27. The third kappa shape index (κ3) is 5.28. The predicted octanol–water partition coefficient (Wildman–Crippen LogP) is 4.03. The summed E-state index contributed by atoms with van der Waals surface area (Å²) in [6.07, 6.45) is 1.77. The SMILES string of the molecule is CCCC(=O)N(Cc1cccc(OC)c1)CC1CC(c2ccccc2OC)=NO1. The number of methoxy groups -OCH3 is 2. The van der Waals surface area contributed by atoms with E-state index in [1.807, 2.05) is 60.4 Å². The molecule has 154 valence electrons. The van der Waals surface area contributed by atoms with Crippen LogP contribution in [0.1, 0.15) is 37.3 Å². The highest BCUT2D eigenvalue weighted by molar-refractivity contribution is 6.03. The van der Waals surface area contributed by atoms with Gasteiger partial charge in [-0.25, -0.2) is 0 Å². The van der Waals surface area contributed by atoms with E-state index in [9.17, 15) is 4.79 Å². The monoisotopic (exact) mass is 396 g/mol. The van der Waals surface area contributed by atoms with Gasteiger partial charge in [-0.3, -0.25) is 4.79 Å². The molecule has 0 fully saturated rings. The van der Waals surface area contributed by atoms with E-state index in [1.165, 1.54) is 0 Å². The number of carbonyl (C=O) groups excluding carboxylic acids is 1. The average Bonchev–Trinajstić information content (AvgIpc) is 3.22. The first-order valence-electron chi connectivity index (χ1n) is 9.91. The maximum absolute atomic E-state index is 12.7. The van der Waals surface area contributed by atoms with Gasteiger partial charge in [-0.05, 0) is 36.2 Å². The lowest BCUT2D eigenvalue weighted by Gasteiger charge is -2.25. The predicted molar refractivity (Wildman–Crippen MR) is 112 cm³/mol. The van der Waals surface area contributed by atoms with Crippen molar-refractivity contribution in [3.8, 4) is 11.5 Å². The minimum absolute atomic E-state index is 0.115. The Bertz CT molecular complexity index is 865. The minimum atomic E-state index is -0.179. The van der Waals surface area contributed by atoms with Crippen LogP contribution in [0.3, 0.4) is 0 Å². The first-order chi connectivity index (χ1) is 14.1. The first kappa shape index (κ1) is 20.7. The summed E-state index contributed by atoms with van der Waals surface area (Å²) in [6, 6.07) is 15.5. The molecule has 2 aromatic carbocycles. The second-order valence-corrected chi connectivity index (χ2v) is 7.05. The van der Waals surface area contributed by atoms with Crippen LogP contribution >= 0.6 is 0 Å². The third-order valence-corrected chi connectivity index (χ3v) is 4.90. The van der Waals surface area contributed by atoms with Crippen molar-refractivity contribution in [2.75, 3.05) is 20.8 Å². The van der Waals surface area contributed by atoms with Crippen LogP contribution in [-0.4, -0.2) is 43.4 Å². The lowest BCUT2D eigenvalue weighted by atomic mass is 10.0. The number of hydrogen-bond acceptors (Lipinski definition) is 5. The van der Waals surface area contributed by atoms with E-state index in [-0.39, 0.29) is 12.0 Å². The van der Waals surface area contributed by atoms with Gasteiger partial charge < -0.3 is 19.2 Å². The molecular formula is C23H28N2O4. The Morgan fingerprint density at radius 1 is 1.17 bits per heavy atom. The van der Waals surface area contributed by atoms with E-state index in [0.717, 1.165) is 34.8 Å². The van der Waals surface area contributed by atoms with Gasteiger partial charge in [0.1, 0.15) is 11.5 Å². The molecule has 3 rings (SSSR count). The van der Waals surface area contributed by atoms with Crippen LogP contribution in [0.4, 0.5) is 0 Å². The maximum Gasteiger partial charge on any atom is 0.222 e. The number of benzene rings is 2. The second-order valence-electron chi connectivity index (χ2n) is 7.05. The first-order valence-corrected chi connectivity index (χ1v) is 9.91. The summed E-state index contributed by atoms with van der Waals surface area (Å²) < 4.78 is 10.7. The van der Waals surface area contributed by atoms with Crippen molar-refractivity contribution in [3.05, 3.63) is 59.7 Å². The fourth-order valence-corrected chi connectivity index (χ4v) is 3.43. The normalized spacial score (nSPS) is 15.4. The van der Waals surface area contributed by atoms with Gasteiger partial charge in [0, 0.05) is 24.9 Å². The van der Waals surface area contributed by atoms with Gasteiger partial charge in [0.25, 0.3) is 0 Å². The molecule has 0 saturated carbocycles. The van der Waals surface area contributed by atoms with Crippen LogP contribution < -0.4 is 9.47 Å².